The van der Waals surface area contributed by atoms with Gasteiger partial charge in [-0.15, -0.1) is 0 Å². The lowest BCUT2D eigenvalue weighted by Gasteiger charge is -2.24. The second kappa shape index (κ2) is 7.39. The molecule has 2 heterocycles. The van der Waals surface area contributed by atoms with Crippen LogP contribution in [0.25, 0.3) is 0 Å². The number of hydrogen-bond acceptors (Lipinski definition) is 3. The van der Waals surface area contributed by atoms with Crippen molar-refractivity contribution in [3.63, 3.8) is 0 Å². The van der Waals surface area contributed by atoms with E-state index in [0.29, 0.717) is 0 Å². The van der Waals surface area contributed by atoms with E-state index < -0.39 is 5.60 Å². The Morgan fingerprint density at radius 2 is 1.20 bits per heavy atom. The van der Waals surface area contributed by atoms with E-state index in [1.165, 1.54) is 17.1 Å². The van der Waals surface area contributed by atoms with Crippen molar-refractivity contribution in [3.8, 4) is 0 Å². The normalized spacial score (nSPS) is 20.4. The van der Waals surface area contributed by atoms with E-state index in [1.807, 2.05) is 66.7 Å². The summed E-state index contributed by atoms with van der Waals surface area (Å²) in [5, 5.41) is 0. The summed E-state index contributed by atoms with van der Waals surface area (Å²) < 4.78 is 6.50. The third kappa shape index (κ3) is 3.06. The minimum Gasteiger partial charge on any atom is -0.355 e. The molecule has 2 aliphatic heterocycles. The molecule has 2 unspecified atom stereocenters. The smallest absolute Gasteiger partial charge is 0.253 e. The van der Waals surface area contributed by atoms with Crippen LogP contribution in [-0.2, 0) is 19.9 Å². The van der Waals surface area contributed by atoms with Gasteiger partial charge in [0.05, 0.1) is 0 Å². The van der Waals surface area contributed by atoms with Crippen LogP contribution in [0.5, 0.6) is 0 Å². The first-order chi connectivity index (χ1) is 14.7. The molecule has 0 bridgehead atoms. The van der Waals surface area contributed by atoms with Gasteiger partial charge in [-0.05, 0) is 16.7 Å². The van der Waals surface area contributed by atoms with Crippen LogP contribution in [0.15, 0.2) is 103 Å². The van der Waals surface area contributed by atoms with Crippen LogP contribution in [0.2, 0.25) is 0 Å². The number of imide groups is 1. The molecule has 0 aliphatic carbocycles. The van der Waals surface area contributed by atoms with Crippen molar-refractivity contribution < 1.29 is 14.3 Å². The van der Waals surface area contributed by atoms with Gasteiger partial charge in [0.15, 0.2) is 0 Å². The Balaban J connectivity index is 1.57. The van der Waals surface area contributed by atoms with Crippen molar-refractivity contribution in [2.45, 2.75) is 17.6 Å². The van der Waals surface area contributed by atoms with Crippen LogP contribution >= 0.6 is 0 Å². The summed E-state index contributed by atoms with van der Waals surface area (Å²) in [4.78, 5) is 25.9. The van der Waals surface area contributed by atoms with Crippen molar-refractivity contribution in [2.75, 3.05) is 6.54 Å². The fraction of sp³-hybridized carbons (Fsp3) is 0.154. The summed E-state index contributed by atoms with van der Waals surface area (Å²) in [5.74, 6) is -0.697. The molecule has 0 radical (unpaired) electrons. The summed E-state index contributed by atoms with van der Waals surface area (Å²) >= 11 is 0. The zero-order valence-corrected chi connectivity index (χ0v) is 16.3. The standard InChI is InChI=1S/C26H21NO3/c28-23-16-17-24(29)27(23)18-22(19-10-4-1-5-11-19)25-26(30-25,20-12-6-2-7-13-20)21-14-8-3-9-15-21/h1-17,22,25H,18H2. The fourth-order valence-electron chi connectivity index (χ4n) is 4.42. The Bertz CT molecular complexity index is 1040. The SMILES string of the molecule is O=C1C=CC(=O)N1CC(c1ccccc1)C1OC1(c1ccccc1)c1ccccc1. The van der Waals surface area contributed by atoms with Crippen molar-refractivity contribution >= 4 is 11.8 Å². The Hall–Kier alpha value is -3.50. The number of rotatable bonds is 6. The molecule has 5 rings (SSSR count). The number of hydrogen-bond donors (Lipinski definition) is 0. The average molecular weight is 395 g/mol. The first-order valence-electron chi connectivity index (χ1n) is 10.1. The summed E-state index contributed by atoms with van der Waals surface area (Å²) in [5.41, 5.74) is 2.57. The maximum Gasteiger partial charge on any atom is 0.253 e. The number of amides is 2. The molecule has 148 valence electrons. The van der Waals surface area contributed by atoms with Gasteiger partial charge >= 0.3 is 0 Å². The summed E-state index contributed by atoms with van der Waals surface area (Å²) in [6.07, 6.45) is 2.46. The number of nitrogens with zero attached hydrogens (tertiary/aromatic N) is 1. The highest BCUT2D eigenvalue weighted by Gasteiger charge is 2.62. The summed E-state index contributed by atoms with van der Waals surface area (Å²) in [7, 11) is 0. The molecule has 30 heavy (non-hydrogen) atoms. The molecule has 0 spiro atoms. The molecule has 1 saturated heterocycles. The Labute approximate surface area is 175 Å². The third-order valence-corrected chi connectivity index (χ3v) is 5.93. The van der Waals surface area contributed by atoms with Crippen molar-refractivity contribution in [1.82, 2.24) is 4.90 Å². The zero-order valence-electron chi connectivity index (χ0n) is 16.3. The third-order valence-electron chi connectivity index (χ3n) is 5.93. The number of benzene rings is 3. The monoisotopic (exact) mass is 395 g/mol. The second-order valence-corrected chi connectivity index (χ2v) is 7.64. The first kappa shape index (κ1) is 18.5. The molecule has 0 N–H and O–H groups in total. The highest BCUT2D eigenvalue weighted by Crippen LogP contribution is 2.57. The lowest BCUT2D eigenvalue weighted by atomic mass is 9.81. The van der Waals surface area contributed by atoms with E-state index in [2.05, 4.69) is 24.3 Å². The molecule has 1 fully saturated rings. The van der Waals surface area contributed by atoms with Gasteiger partial charge in [0.25, 0.3) is 11.8 Å². The molecular weight excluding hydrogens is 374 g/mol. The van der Waals surface area contributed by atoms with E-state index in [-0.39, 0.29) is 30.4 Å². The number of carbonyl (C=O) groups excluding carboxylic acids is 2. The highest BCUT2D eigenvalue weighted by molar-refractivity contribution is 6.12. The van der Waals surface area contributed by atoms with Crippen LogP contribution in [-0.4, -0.2) is 29.4 Å². The predicted molar refractivity (Wildman–Crippen MR) is 114 cm³/mol. The molecule has 2 aliphatic rings. The highest BCUT2D eigenvalue weighted by atomic mass is 16.6. The van der Waals surface area contributed by atoms with Gasteiger partial charge in [-0.25, -0.2) is 0 Å². The van der Waals surface area contributed by atoms with Crippen LogP contribution in [0.3, 0.4) is 0 Å². The first-order valence-corrected chi connectivity index (χ1v) is 10.1. The number of ether oxygens (including phenoxy) is 1. The Morgan fingerprint density at radius 3 is 1.70 bits per heavy atom. The maximum atomic E-state index is 12.3. The Morgan fingerprint density at radius 1 is 0.733 bits per heavy atom. The van der Waals surface area contributed by atoms with Gasteiger partial charge in [0, 0.05) is 24.6 Å². The Kier molecular flexibility index (Phi) is 4.57. The van der Waals surface area contributed by atoms with E-state index in [0.717, 1.165) is 16.7 Å². The molecule has 0 saturated carbocycles. The molecule has 2 atom stereocenters. The molecule has 4 heteroatoms. The van der Waals surface area contributed by atoms with Gasteiger partial charge in [-0.1, -0.05) is 91.0 Å². The van der Waals surface area contributed by atoms with Gasteiger partial charge in [-0.2, -0.15) is 0 Å². The molecular formula is C26H21NO3. The van der Waals surface area contributed by atoms with Gasteiger partial charge in [0.1, 0.15) is 11.7 Å². The lowest BCUT2D eigenvalue weighted by molar-refractivity contribution is -0.137. The van der Waals surface area contributed by atoms with Crippen LogP contribution in [0.1, 0.15) is 22.6 Å². The van der Waals surface area contributed by atoms with E-state index in [4.69, 9.17) is 4.74 Å². The maximum absolute atomic E-state index is 12.3. The summed E-state index contributed by atoms with van der Waals surface area (Å²) in [6, 6.07) is 30.3. The molecule has 4 nitrogen and oxygen atoms in total. The number of carbonyl (C=O) groups is 2. The number of epoxide rings is 1. The van der Waals surface area contributed by atoms with E-state index >= 15 is 0 Å². The molecule has 0 aromatic heterocycles. The molecule has 3 aromatic carbocycles. The van der Waals surface area contributed by atoms with Crippen molar-refractivity contribution in [2.24, 2.45) is 0 Å². The molecule has 3 aromatic rings. The molecule has 2 amide bonds. The fourth-order valence-corrected chi connectivity index (χ4v) is 4.42. The van der Waals surface area contributed by atoms with Crippen LogP contribution < -0.4 is 0 Å². The lowest BCUT2D eigenvalue weighted by Crippen LogP contribution is -2.36. The van der Waals surface area contributed by atoms with E-state index in [9.17, 15) is 9.59 Å². The zero-order chi connectivity index (χ0) is 20.6. The quantitative estimate of drug-likeness (QED) is 0.468. The minimum atomic E-state index is -0.609. The van der Waals surface area contributed by atoms with Crippen LogP contribution in [0, 0.1) is 0 Å². The van der Waals surface area contributed by atoms with Crippen molar-refractivity contribution in [3.05, 3.63) is 120 Å². The predicted octanol–water partition coefficient (Wildman–Crippen LogP) is 4.04. The van der Waals surface area contributed by atoms with Crippen molar-refractivity contribution in [1.29, 1.82) is 0 Å². The van der Waals surface area contributed by atoms with Gasteiger partial charge in [-0.3, -0.25) is 14.5 Å². The van der Waals surface area contributed by atoms with Crippen LogP contribution in [0.4, 0.5) is 0 Å². The average Bonchev–Trinajstić information content (AvgIpc) is 3.48. The van der Waals surface area contributed by atoms with Gasteiger partial charge in [0.2, 0.25) is 0 Å². The summed E-state index contributed by atoms with van der Waals surface area (Å²) in [6.45, 7) is 0.279. The largest absolute Gasteiger partial charge is 0.355 e. The topological polar surface area (TPSA) is 49.9 Å². The van der Waals surface area contributed by atoms with E-state index in [1.54, 1.807) is 0 Å². The minimum absolute atomic E-state index is 0.153. The van der Waals surface area contributed by atoms with Gasteiger partial charge < -0.3 is 4.74 Å². The second-order valence-electron chi connectivity index (χ2n) is 7.64.